The van der Waals surface area contributed by atoms with E-state index in [4.69, 9.17) is 4.74 Å². The summed E-state index contributed by atoms with van der Waals surface area (Å²) in [6.07, 6.45) is 3.97. The van der Waals surface area contributed by atoms with Crippen LogP contribution in [-0.4, -0.2) is 17.3 Å². The lowest BCUT2D eigenvalue weighted by Crippen LogP contribution is -2.21. The van der Waals surface area contributed by atoms with E-state index in [0.29, 0.717) is 12.6 Å². The van der Waals surface area contributed by atoms with E-state index in [0.717, 1.165) is 18.0 Å². The van der Waals surface area contributed by atoms with E-state index in [1.807, 2.05) is 24.4 Å². The number of nitrogens with zero attached hydrogens (tertiary/aromatic N) is 1. The van der Waals surface area contributed by atoms with Gasteiger partial charge in [-0.1, -0.05) is 19.9 Å². The maximum Gasteiger partial charge on any atom is 0.130 e. The minimum Gasteiger partial charge on any atom is -0.487 e. The van der Waals surface area contributed by atoms with Gasteiger partial charge in [0.1, 0.15) is 12.4 Å². The molecule has 0 aliphatic rings. The molecule has 1 aromatic carbocycles. The summed E-state index contributed by atoms with van der Waals surface area (Å²) in [5, 5.41) is 3.38. The Bertz CT molecular complexity index is 538. The van der Waals surface area contributed by atoms with Crippen molar-refractivity contribution in [2.24, 2.45) is 0 Å². The van der Waals surface area contributed by atoms with Gasteiger partial charge in [-0.2, -0.15) is 0 Å². The summed E-state index contributed by atoms with van der Waals surface area (Å²) in [6, 6.07) is 12.7. The highest BCUT2D eigenvalue weighted by molar-refractivity contribution is 7.98. The third kappa shape index (κ3) is 5.40. The molecule has 1 N–H and O–H groups in total. The van der Waals surface area contributed by atoms with E-state index < -0.39 is 0 Å². The second-order valence-electron chi connectivity index (χ2n) is 5.16. The smallest absolute Gasteiger partial charge is 0.130 e. The van der Waals surface area contributed by atoms with Gasteiger partial charge in [0.2, 0.25) is 0 Å². The lowest BCUT2D eigenvalue weighted by molar-refractivity contribution is 0.301. The van der Waals surface area contributed by atoms with Crippen molar-refractivity contribution in [3.63, 3.8) is 0 Å². The highest BCUT2D eigenvalue weighted by Crippen LogP contribution is 2.19. The van der Waals surface area contributed by atoms with Gasteiger partial charge in [0.15, 0.2) is 0 Å². The van der Waals surface area contributed by atoms with Gasteiger partial charge >= 0.3 is 0 Å². The maximum absolute atomic E-state index is 5.74. The lowest BCUT2D eigenvalue weighted by atomic mass is 10.2. The molecule has 0 aliphatic heterocycles. The Morgan fingerprint density at radius 1 is 1.14 bits per heavy atom. The summed E-state index contributed by atoms with van der Waals surface area (Å²) in [6.45, 7) is 5.62. The molecular weight excluding hydrogens is 280 g/mol. The molecule has 0 radical (unpaired) electrons. The summed E-state index contributed by atoms with van der Waals surface area (Å²) >= 11 is 1.73. The van der Waals surface area contributed by atoms with Crippen molar-refractivity contribution in [3.8, 4) is 5.75 Å². The highest BCUT2D eigenvalue weighted by Gasteiger charge is 2.00. The lowest BCUT2D eigenvalue weighted by Gasteiger charge is -2.09. The van der Waals surface area contributed by atoms with Crippen LogP contribution in [0.4, 0.5) is 0 Å². The predicted octanol–water partition coefficient (Wildman–Crippen LogP) is 3.88. The standard InChI is InChI=1S/C17H22N2OS/c1-13(2)18-10-14-4-5-15(19-11-14)12-20-16-6-8-17(21-3)9-7-16/h4-9,11,13,18H,10,12H2,1-3H3. The summed E-state index contributed by atoms with van der Waals surface area (Å²) in [7, 11) is 0. The molecule has 0 bridgehead atoms. The third-order valence-corrected chi connectivity index (χ3v) is 3.79. The molecule has 1 aromatic heterocycles. The van der Waals surface area contributed by atoms with Crippen LogP contribution in [0.2, 0.25) is 0 Å². The molecule has 0 spiro atoms. The minimum absolute atomic E-state index is 0.484. The average Bonchev–Trinajstić information content (AvgIpc) is 2.52. The van der Waals surface area contributed by atoms with Crippen LogP contribution in [0.1, 0.15) is 25.1 Å². The molecule has 4 heteroatoms. The molecule has 1 heterocycles. The van der Waals surface area contributed by atoms with Crippen molar-refractivity contribution >= 4 is 11.8 Å². The molecule has 0 aliphatic carbocycles. The van der Waals surface area contributed by atoms with Crippen LogP contribution in [0, 0.1) is 0 Å². The number of aromatic nitrogens is 1. The molecular formula is C17H22N2OS. The number of benzene rings is 1. The molecule has 21 heavy (non-hydrogen) atoms. The van der Waals surface area contributed by atoms with E-state index in [2.05, 4.69) is 48.6 Å². The van der Waals surface area contributed by atoms with Crippen LogP contribution in [0.25, 0.3) is 0 Å². The minimum atomic E-state index is 0.484. The first kappa shape index (κ1) is 15.9. The number of rotatable bonds is 7. The van der Waals surface area contributed by atoms with Gasteiger partial charge in [0.25, 0.3) is 0 Å². The Hall–Kier alpha value is -1.52. The summed E-state index contributed by atoms with van der Waals surface area (Å²) in [5.41, 5.74) is 2.13. The van der Waals surface area contributed by atoms with Crippen LogP contribution in [-0.2, 0) is 13.2 Å². The highest BCUT2D eigenvalue weighted by atomic mass is 32.2. The Kier molecular flexibility index (Phi) is 6.08. The van der Waals surface area contributed by atoms with E-state index in [1.54, 1.807) is 11.8 Å². The Balaban J connectivity index is 1.85. The zero-order valence-electron chi connectivity index (χ0n) is 12.8. The fourth-order valence-corrected chi connectivity index (χ4v) is 2.20. The molecule has 2 aromatic rings. The zero-order chi connectivity index (χ0) is 15.1. The SMILES string of the molecule is CSc1ccc(OCc2ccc(CNC(C)C)cn2)cc1. The second kappa shape index (κ2) is 8.05. The van der Waals surface area contributed by atoms with Gasteiger partial charge in [0.05, 0.1) is 5.69 Å². The maximum atomic E-state index is 5.74. The molecule has 0 saturated heterocycles. The number of pyridine rings is 1. The fourth-order valence-electron chi connectivity index (χ4n) is 1.80. The number of hydrogen-bond donors (Lipinski definition) is 1. The molecule has 2 rings (SSSR count). The van der Waals surface area contributed by atoms with Crippen molar-refractivity contribution in [2.45, 2.75) is 37.9 Å². The average molecular weight is 302 g/mol. The van der Waals surface area contributed by atoms with Crippen LogP contribution < -0.4 is 10.1 Å². The first-order chi connectivity index (χ1) is 10.2. The number of ether oxygens (including phenoxy) is 1. The van der Waals surface area contributed by atoms with Gasteiger partial charge in [-0.05, 0) is 42.2 Å². The molecule has 0 amide bonds. The van der Waals surface area contributed by atoms with Gasteiger partial charge in [0, 0.05) is 23.7 Å². The third-order valence-electron chi connectivity index (χ3n) is 3.05. The largest absolute Gasteiger partial charge is 0.487 e. The molecule has 3 nitrogen and oxygen atoms in total. The van der Waals surface area contributed by atoms with E-state index in [-0.39, 0.29) is 0 Å². The second-order valence-corrected chi connectivity index (χ2v) is 6.04. The van der Waals surface area contributed by atoms with E-state index in [9.17, 15) is 0 Å². The van der Waals surface area contributed by atoms with Gasteiger partial charge in [-0.15, -0.1) is 11.8 Å². The number of thioether (sulfide) groups is 1. The Morgan fingerprint density at radius 3 is 2.48 bits per heavy atom. The van der Waals surface area contributed by atoms with E-state index in [1.165, 1.54) is 10.5 Å². The van der Waals surface area contributed by atoms with Crippen LogP contribution >= 0.6 is 11.8 Å². The molecule has 0 fully saturated rings. The van der Waals surface area contributed by atoms with Gasteiger partial charge in [-0.25, -0.2) is 0 Å². The van der Waals surface area contributed by atoms with Crippen LogP contribution in [0.3, 0.4) is 0 Å². The fraction of sp³-hybridized carbons (Fsp3) is 0.353. The summed E-state index contributed by atoms with van der Waals surface area (Å²) in [5.74, 6) is 0.875. The van der Waals surface area contributed by atoms with Crippen molar-refractivity contribution < 1.29 is 4.74 Å². The van der Waals surface area contributed by atoms with E-state index >= 15 is 0 Å². The zero-order valence-corrected chi connectivity index (χ0v) is 13.6. The Morgan fingerprint density at radius 2 is 1.90 bits per heavy atom. The van der Waals surface area contributed by atoms with Crippen LogP contribution in [0.5, 0.6) is 5.75 Å². The topological polar surface area (TPSA) is 34.1 Å². The monoisotopic (exact) mass is 302 g/mol. The quantitative estimate of drug-likeness (QED) is 0.787. The first-order valence-corrected chi connectivity index (χ1v) is 8.34. The van der Waals surface area contributed by atoms with Crippen LogP contribution in [0.15, 0.2) is 47.5 Å². The number of hydrogen-bond acceptors (Lipinski definition) is 4. The van der Waals surface area contributed by atoms with Crippen molar-refractivity contribution in [2.75, 3.05) is 6.26 Å². The predicted molar refractivity (Wildman–Crippen MR) is 88.8 cm³/mol. The molecule has 0 unspecified atom stereocenters. The van der Waals surface area contributed by atoms with Gasteiger partial charge in [-0.3, -0.25) is 4.98 Å². The van der Waals surface area contributed by atoms with Crippen molar-refractivity contribution in [3.05, 3.63) is 53.9 Å². The molecule has 0 saturated carbocycles. The first-order valence-electron chi connectivity index (χ1n) is 7.11. The molecule has 0 atom stereocenters. The van der Waals surface area contributed by atoms with Crippen molar-refractivity contribution in [1.29, 1.82) is 0 Å². The molecule has 112 valence electrons. The summed E-state index contributed by atoms with van der Waals surface area (Å²) in [4.78, 5) is 5.67. The Labute approximate surface area is 131 Å². The van der Waals surface area contributed by atoms with Gasteiger partial charge < -0.3 is 10.1 Å². The number of nitrogens with one attached hydrogen (secondary N) is 1. The van der Waals surface area contributed by atoms with Crippen molar-refractivity contribution in [1.82, 2.24) is 10.3 Å². The summed E-state index contributed by atoms with van der Waals surface area (Å²) < 4.78 is 5.74. The normalized spacial score (nSPS) is 10.9.